The molecule has 0 spiro atoms. The summed E-state index contributed by atoms with van der Waals surface area (Å²) in [6, 6.07) is 7.95. The zero-order valence-electron chi connectivity index (χ0n) is 14.4. The highest BCUT2D eigenvalue weighted by molar-refractivity contribution is 5.85. The summed E-state index contributed by atoms with van der Waals surface area (Å²) in [6.07, 6.45) is 2.76. The van der Waals surface area contributed by atoms with Crippen molar-refractivity contribution in [3.63, 3.8) is 0 Å². The fraction of sp³-hybridized carbons (Fsp3) is 0.611. The summed E-state index contributed by atoms with van der Waals surface area (Å²) >= 11 is 0. The molecule has 23 heavy (non-hydrogen) atoms. The van der Waals surface area contributed by atoms with Crippen molar-refractivity contribution in [2.45, 2.75) is 39.0 Å². The molecule has 1 amide bonds. The van der Waals surface area contributed by atoms with E-state index in [0.717, 1.165) is 43.8 Å². The lowest BCUT2D eigenvalue weighted by atomic mass is 9.81. The number of nitrogens with one attached hydrogen (secondary N) is 2. The summed E-state index contributed by atoms with van der Waals surface area (Å²) < 4.78 is 5.24. The lowest BCUT2D eigenvalue weighted by Crippen LogP contribution is -2.43. The molecular formula is C18H29ClN2O2. The lowest BCUT2D eigenvalue weighted by Gasteiger charge is -2.34. The predicted molar refractivity (Wildman–Crippen MR) is 96.5 cm³/mol. The summed E-state index contributed by atoms with van der Waals surface area (Å²) in [4.78, 5) is 12.2. The zero-order valence-corrected chi connectivity index (χ0v) is 15.2. The van der Waals surface area contributed by atoms with Crippen molar-refractivity contribution >= 4 is 18.3 Å². The number of ether oxygens (including phenoxy) is 1. The van der Waals surface area contributed by atoms with E-state index in [-0.39, 0.29) is 29.6 Å². The van der Waals surface area contributed by atoms with E-state index in [1.165, 1.54) is 0 Å². The molecular weight excluding hydrogens is 312 g/mol. The minimum Gasteiger partial charge on any atom is -0.497 e. The Labute approximate surface area is 145 Å². The molecule has 1 aliphatic heterocycles. The second kappa shape index (κ2) is 9.14. The van der Waals surface area contributed by atoms with Crippen molar-refractivity contribution in [3.05, 3.63) is 29.8 Å². The maximum Gasteiger partial charge on any atom is 0.220 e. The number of benzene rings is 1. The van der Waals surface area contributed by atoms with Gasteiger partial charge in [0.15, 0.2) is 0 Å². The largest absolute Gasteiger partial charge is 0.497 e. The standard InChI is InChI=1S/C18H28N2O2.ClH/c1-14(15-5-4-6-16(12-15)22-3)11-17(21)20-13-18(2)7-9-19-10-8-18;/h4-6,12,14,19H,7-11,13H2,1-3H3,(H,20,21);1H. The SMILES string of the molecule is COc1cccc(C(C)CC(=O)NCC2(C)CCNCC2)c1.Cl. The van der Waals surface area contributed by atoms with Crippen LogP contribution in [0.15, 0.2) is 24.3 Å². The average Bonchev–Trinajstić information content (AvgIpc) is 2.54. The van der Waals surface area contributed by atoms with Crippen LogP contribution < -0.4 is 15.4 Å². The maximum atomic E-state index is 12.2. The smallest absolute Gasteiger partial charge is 0.220 e. The first kappa shape index (κ1) is 19.8. The first-order valence-corrected chi connectivity index (χ1v) is 8.14. The average molecular weight is 341 g/mol. The van der Waals surface area contributed by atoms with Crippen LogP contribution in [0.5, 0.6) is 5.75 Å². The Balaban J connectivity index is 0.00000264. The molecule has 1 aromatic rings. The van der Waals surface area contributed by atoms with Gasteiger partial charge < -0.3 is 15.4 Å². The number of carbonyl (C=O) groups excluding carboxylic acids is 1. The first-order chi connectivity index (χ1) is 10.5. The third-order valence-corrected chi connectivity index (χ3v) is 4.68. The Kier molecular flexibility index (Phi) is 7.86. The van der Waals surface area contributed by atoms with E-state index in [9.17, 15) is 4.79 Å². The molecule has 1 heterocycles. The van der Waals surface area contributed by atoms with Gasteiger partial charge in [-0.2, -0.15) is 0 Å². The molecule has 0 radical (unpaired) electrons. The highest BCUT2D eigenvalue weighted by atomic mass is 35.5. The molecule has 0 saturated carbocycles. The van der Waals surface area contributed by atoms with Crippen molar-refractivity contribution in [2.75, 3.05) is 26.7 Å². The fourth-order valence-corrected chi connectivity index (χ4v) is 2.94. The van der Waals surface area contributed by atoms with Crippen molar-refractivity contribution in [1.29, 1.82) is 0 Å². The topological polar surface area (TPSA) is 50.4 Å². The molecule has 5 heteroatoms. The first-order valence-electron chi connectivity index (χ1n) is 8.14. The van der Waals surface area contributed by atoms with E-state index >= 15 is 0 Å². The van der Waals surface area contributed by atoms with Crippen LogP contribution in [0.25, 0.3) is 0 Å². The van der Waals surface area contributed by atoms with Gasteiger partial charge in [0.2, 0.25) is 5.91 Å². The van der Waals surface area contributed by atoms with Crippen LogP contribution in [-0.2, 0) is 4.79 Å². The summed E-state index contributed by atoms with van der Waals surface area (Å²) in [5.41, 5.74) is 1.38. The van der Waals surface area contributed by atoms with Gasteiger partial charge in [0, 0.05) is 13.0 Å². The Morgan fingerprint density at radius 1 is 1.39 bits per heavy atom. The number of halogens is 1. The Morgan fingerprint density at radius 3 is 2.74 bits per heavy atom. The molecule has 4 nitrogen and oxygen atoms in total. The van der Waals surface area contributed by atoms with Gasteiger partial charge in [-0.05, 0) is 55.0 Å². The Bertz CT molecular complexity index is 502. The Morgan fingerprint density at radius 2 is 2.09 bits per heavy atom. The molecule has 1 atom stereocenters. The van der Waals surface area contributed by atoms with Crippen LogP contribution in [0.4, 0.5) is 0 Å². The van der Waals surface area contributed by atoms with Crippen molar-refractivity contribution in [2.24, 2.45) is 5.41 Å². The summed E-state index contributed by atoms with van der Waals surface area (Å²) in [5.74, 6) is 1.16. The Hall–Kier alpha value is -1.26. The molecule has 0 bridgehead atoms. The van der Waals surface area contributed by atoms with E-state index in [1.807, 2.05) is 18.2 Å². The number of rotatable bonds is 6. The van der Waals surface area contributed by atoms with Gasteiger partial charge in [-0.1, -0.05) is 26.0 Å². The molecule has 1 fully saturated rings. The molecule has 1 unspecified atom stereocenters. The van der Waals surface area contributed by atoms with E-state index < -0.39 is 0 Å². The van der Waals surface area contributed by atoms with Crippen molar-refractivity contribution < 1.29 is 9.53 Å². The maximum absolute atomic E-state index is 12.2. The quantitative estimate of drug-likeness (QED) is 0.836. The minimum absolute atomic E-state index is 0. The number of hydrogen-bond acceptors (Lipinski definition) is 3. The lowest BCUT2D eigenvalue weighted by molar-refractivity contribution is -0.122. The zero-order chi connectivity index (χ0) is 16.0. The van der Waals surface area contributed by atoms with Gasteiger partial charge in [-0.3, -0.25) is 4.79 Å². The van der Waals surface area contributed by atoms with E-state index in [0.29, 0.717) is 6.42 Å². The van der Waals surface area contributed by atoms with E-state index in [2.05, 4.69) is 30.5 Å². The molecule has 2 rings (SSSR count). The van der Waals surface area contributed by atoms with Crippen molar-refractivity contribution in [3.8, 4) is 5.75 Å². The normalized spacial score (nSPS) is 17.7. The summed E-state index contributed by atoms with van der Waals surface area (Å²) in [5, 5.41) is 6.49. The van der Waals surface area contributed by atoms with Gasteiger partial charge >= 0.3 is 0 Å². The molecule has 2 N–H and O–H groups in total. The van der Waals surface area contributed by atoms with Crippen LogP contribution in [0.3, 0.4) is 0 Å². The number of methoxy groups -OCH3 is 1. The van der Waals surface area contributed by atoms with E-state index in [4.69, 9.17) is 4.74 Å². The van der Waals surface area contributed by atoms with Crippen LogP contribution in [0.1, 0.15) is 44.6 Å². The van der Waals surface area contributed by atoms with Crippen LogP contribution in [0, 0.1) is 5.41 Å². The van der Waals surface area contributed by atoms with Crippen molar-refractivity contribution in [1.82, 2.24) is 10.6 Å². The highest BCUT2D eigenvalue weighted by Gasteiger charge is 2.27. The number of amides is 1. The van der Waals surface area contributed by atoms with Crippen LogP contribution in [-0.4, -0.2) is 32.7 Å². The molecule has 0 aromatic heterocycles. The molecule has 1 saturated heterocycles. The second-order valence-corrected chi connectivity index (χ2v) is 6.72. The highest BCUT2D eigenvalue weighted by Crippen LogP contribution is 2.27. The monoisotopic (exact) mass is 340 g/mol. The third-order valence-electron chi connectivity index (χ3n) is 4.68. The number of hydrogen-bond donors (Lipinski definition) is 2. The second-order valence-electron chi connectivity index (χ2n) is 6.72. The minimum atomic E-state index is 0. The van der Waals surface area contributed by atoms with Crippen LogP contribution >= 0.6 is 12.4 Å². The molecule has 1 aliphatic rings. The summed E-state index contributed by atoms with van der Waals surface area (Å²) in [7, 11) is 1.66. The number of piperidine rings is 1. The van der Waals surface area contributed by atoms with Gasteiger partial charge in [0.1, 0.15) is 5.75 Å². The van der Waals surface area contributed by atoms with Gasteiger partial charge in [-0.25, -0.2) is 0 Å². The molecule has 0 aliphatic carbocycles. The van der Waals surface area contributed by atoms with Gasteiger partial charge in [0.05, 0.1) is 7.11 Å². The van der Waals surface area contributed by atoms with Crippen LogP contribution in [0.2, 0.25) is 0 Å². The van der Waals surface area contributed by atoms with Gasteiger partial charge in [0.25, 0.3) is 0 Å². The molecule has 1 aromatic carbocycles. The number of carbonyl (C=O) groups is 1. The predicted octanol–water partition coefficient (Wildman–Crippen LogP) is 3.12. The van der Waals surface area contributed by atoms with Gasteiger partial charge in [-0.15, -0.1) is 12.4 Å². The fourth-order valence-electron chi connectivity index (χ4n) is 2.94. The summed E-state index contributed by atoms with van der Waals surface area (Å²) in [6.45, 7) is 7.22. The van der Waals surface area contributed by atoms with E-state index in [1.54, 1.807) is 7.11 Å². The third kappa shape index (κ3) is 6.04. The molecule has 130 valence electrons.